The van der Waals surface area contributed by atoms with Gasteiger partial charge in [0.05, 0.1) is 5.56 Å². The van der Waals surface area contributed by atoms with Gasteiger partial charge in [-0.05, 0) is 66.6 Å². The Morgan fingerprint density at radius 1 is 0.938 bits per heavy atom. The minimum atomic E-state index is -4.40. The number of ether oxygens (including phenoxy) is 2. The fourth-order valence-corrected chi connectivity index (χ4v) is 2.89. The molecule has 166 valence electrons. The van der Waals surface area contributed by atoms with Crippen LogP contribution in [-0.2, 0) is 17.5 Å². The van der Waals surface area contributed by atoms with Gasteiger partial charge < -0.3 is 14.8 Å². The van der Waals surface area contributed by atoms with Crippen LogP contribution >= 0.6 is 0 Å². The number of carbonyl (C=O) groups is 2. The van der Waals surface area contributed by atoms with E-state index in [9.17, 15) is 22.8 Å². The summed E-state index contributed by atoms with van der Waals surface area (Å²) < 4.78 is 48.8. The molecule has 5 nitrogen and oxygen atoms in total. The number of benzene rings is 3. The Bertz CT molecular complexity index is 1120. The summed E-state index contributed by atoms with van der Waals surface area (Å²) in [6.07, 6.45) is -4.40. The van der Waals surface area contributed by atoms with Crippen LogP contribution in [0.4, 0.5) is 13.2 Å². The van der Waals surface area contributed by atoms with E-state index in [1.165, 1.54) is 19.1 Å². The highest BCUT2D eigenvalue weighted by atomic mass is 19.4. The number of alkyl halides is 3. The highest BCUT2D eigenvalue weighted by molar-refractivity contribution is 5.94. The number of esters is 1. The van der Waals surface area contributed by atoms with Gasteiger partial charge in [0.1, 0.15) is 17.2 Å². The van der Waals surface area contributed by atoms with Crippen LogP contribution in [-0.4, -0.2) is 11.9 Å². The Labute approximate surface area is 182 Å². The molecule has 1 amide bonds. The summed E-state index contributed by atoms with van der Waals surface area (Å²) in [5, 5.41) is 2.68. The van der Waals surface area contributed by atoms with E-state index in [2.05, 4.69) is 5.32 Å². The molecule has 3 aromatic carbocycles. The molecule has 0 aromatic heterocycles. The molecule has 0 aliphatic heterocycles. The quantitative estimate of drug-likeness (QED) is 0.394. The van der Waals surface area contributed by atoms with Crippen molar-refractivity contribution in [2.45, 2.75) is 26.6 Å². The Balaban J connectivity index is 1.63. The molecule has 1 N–H and O–H groups in total. The number of carbonyl (C=O) groups excluding carboxylic acids is 2. The van der Waals surface area contributed by atoms with Crippen molar-refractivity contribution in [3.8, 4) is 17.2 Å². The van der Waals surface area contributed by atoms with Crippen LogP contribution < -0.4 is 14.8 Å². The van der Waals surface area contributed by atoms with Gasteiger partial charge in [-0.15, -0.1) is 0 Å². The van der Waals surface area contributed by atoms with E-state index in [-0.39, 0.29) is 6.54 Å². The van der Waals surface area contributed by atoms with Crippen LogP contribution in [0.1, 0.15) is 34.0 Å². The number of nitrogens with one attached hydrogen (secondary N) is 1. The lowest BCUT2D eigenvalue weighted by Gasteiger charge is -2.11. The van der Waals surface area contributed by atoms with E-state index >= 15 is 0 Å². The highest BCUT2D eigenvalue weighted by Crippen LogP contribution is 2.29. The molecule has 0 saturated carbocycles. The third kappa shape index (κ3) is 6.10. The largest absolute Gasteiger partial charge is 0.457 e. The first kappa shape index (κ1) is 22.9. The number of halogens is 3. The second kappa shape index (κ2) is 9.55. The molecule has 8 heteroatoms. The SMILES string of the molecule is CC(=O)Oc1ccc(Oc2cccc(C(=O)NCc3ccc(C(F)(F)F)cc3)c2)cc1C. The Morgan fingerprint density at radius 2 is 1.62 bits per heavy atom. The van der Waals surface area contributed by atoms with Crippen molar-refractivity contribution < 1.29 is 32.2 Å². The molecule has 3 rings (SSSR count). The van der Waals surface area contributed by atoms with E-state index in [0.29, 0.717) is 33.9 Å². The minimum absolute atomic E-state index is 0.0822. The van der Waals surface area contributed by atoms with Gasteiger partial charge in [-0.3, -0.25) is 9.59 Å². The Hall–Kier alpha value is -3.81. The molecule has 0 heterocycles. The molecule has 0 unspecified atom stereocenters. The maximum Gasteiger partial charge on any atom is 0.416 e. The van der Waals surface area contributed by atoms with E-state index in [0.717, 1.165) is 12.1 Å². The number of hydrogen-bond acceptors (Lipinski definition) is 4. The maximum atomic E-state index is 12.6. The molecule has 0 saturated heterocycles. The second-order valence-corrected chi connectivity index (χ2v) is 7.03. The molecule has 0 radical (unpaired) electrons. The predicted molar refractivity (Wildman–Crippen MR) is 112 cm³/mol. The highest BCUT2D eigenvalue weighted by Gasteiger charge is 2.29. The number of amides is 1. The molecular weight excluding hydrogens is 423 g/mol. The fourth-order valence-electron chi connectivity index (χ4n) is 2.89. The molecular formula is C24H20F3NO4. The topological polar surface area (TPSA) is 64.6 Å². The predicted octanol–water partition coefficient (Wildman–Crippen LogP) is 5.66. The zero-order valence-electron chi connectivity index (χ0n) is 17.3. The van der Waals surface area contributed by atoms with Crippen molar-refractivity contribution >= 4 is 11.9 Å². The summed E-state index contributed by atoms with van der Waals surface area (Å²) in [6.45, 7) is 3.17. The van der Waals surface area contributed by atoms with Crippen molar-refractivity contribution in [1.82, 2.24) is 5.32 Å². The molecule has 0 aliphatic rings. The summed E-state index contributed by atoms with van der Waals surface area (Å²) in [5.74, 6) is 0.544. The fraction of sp³-hybridized carbons (Fsp3) is 0.167. The lowest BCUT2D eigenvalue weighted by Crippen LogP contribution is -2.22. The monoisotopic (exact) mass is 443 g/mol. The number of rotatable bonds is 6. The van der Waals surface area contributed by atoms with Gasteiger partial charge in [0.15, 0.2) is 0 Å². The smallest absolute Gasteiger partial charge is 0.416 e. The minimum Gasteiger partial charge on any atom is -0.457 e. The van der Waals surface area contributed by atoms with E-state index in [1.807, 2.05) is 0 Å². The van der Waals surface area contributed by atoms with Crippen molar-refractivity contribution in [1.29, 1.82) is 0 Å². The average Bonchev–Trinajstić information content (AvgIpc) is 2.73. The third-order valence-electron chi connectivity index (χ3n) is 4.47. The summed E-state index contributed by atoms with van der Waals surface area (Å²) >= 11 is 0. The summed E-state index contributed by atoms with van der Waals surface area (Å²) in [5.41, 5.74) is 0.849. The lowest BCUT2D eigenvalue weighted by atomic mass is 10.1. The summed E-state index contributed by atoms with van der Waals surface area (Å²) in [4.78, 5) is 23.6. The van der Waals surface area contributed by atoms with Gasteiger partial charge in [-0.1, -0.05) is 18.2 Å². The molecule has 0 spiro atoms. The van der Waals surface area contributed by atoms with Gasteiger partial charge in [0.2, 0.25) is 0 Å². The first-order valence-electron chi connectivity index (χ1n) is 9.63. The first-order chi connectivity index (χ1) is 15.1. The maximum absolute atomic E-state index is 12.6. The number of aryl methyl sites for hydroxylation is 1. The van der Waals surface area contributed by atoms with E-state index in [1.54, 1.807) is 49.4 Å². The molecule has 0 atom stereocenters. The van der Waals surface area contributed by atoms with Crippen LogP contribution in [0.15, 0.2) is 66.7 Å². The van der Waals surface area contributed by atoms with Crippen LogP contribution in [0.2, 0.25) is 0 Å². The second-order valence-electron chi connectivity index (χ2n) is 7.03. The van der Waals surface area contributed by atoms with E-state index in [4.69, 9.17) is 9.47 Å². The van der Waals surface area contributed by atoms with Crippen molar-refractivity contribution in [3.63, 3.8) is 0 Å². The molecule has 0 aliphatic carbocycles. The summed E-state index contributed by atoms with van der Waals surface area (Å²) in [7, 11) is 0. The summed E-state index contributed by atoms with van der Waals surface area (Å²) in [6, 6.07) is 16.1. The molecule has 0 bridgehead atoms. The Kier molecular flexibility index (Phi) is 6.82. The molecule has 3 aromatic rings. The zero-order chi connectivity index (χ0) is 23.3. The third-order valence-corrected chi connectivity index (χ3v) is 4.47. The first-order valence-corrected chi connectivity index (χ1v) is 9.63. The normalized spacial score (nSPS) is 11.0. The van der Waals surface area contributed by atoms with E-state index < -0.39 is 23.6 Å². The van der Waals surface area contributed by atoms with Crippen LogP contribution in [0.3, 0.4) is 0 Å². The van der Waals surface area contributed by atoms with Crippen molar-refractivity contribution in [2.75, 3.05) is 0 Å². The van der Waals surface area contributed by atoms with Crippen molar-refractivity contribution in [2.24, 2.45) is 0 Å². The van der Waals surface area contributed by atoms with Crippen LogP contribution in [0.5, 0.6) is 17.2 Å². The van der Waals surface area contributed by atoms with Gasteiger partial charge >= 0.3 is 12.1 Å². The van der Waals surface area contributed by atoms with Gasteiger partial charge in [-0.2, -0.15) is 13.2 Å². The molecule has 0 fully saturated rings. The lowest BCUT2D eigenvalue weighted by molar-refractivity contribution is -0.137. The zero-order valence-corrected chi connectivity index (χ0v) is 17.3. The molecule has 32 heavy (non-hydrogen) atoms. The number of hydrogen-bond donors (Lipinski definition) is 1. The van der Waals surface area contributed by atoms with Crippen LogP contribution in [0.25, 0.3) is 0 Å². The van der Waals surface area contributed by atoms with Crippen LogP contribution in [0, 0.1) is 6.92 Å². The Morgan fingerprint density at radius 3 is 2.25 bits per heavy atom. The van der Waals surface area contributed by atoms with Gasteiger partial charge in [-0.25, -0.2) is 0 Å². The van der Waals surface area contributed by atoms with Crippen molar-refractivity contribution in [3.05, 3.63) is 89.0 Å². The van der Waals surface area contributed by atoms with Gasteiger partial charge in [0.25, 0.3) is 5.91 Å². The average molecular weight is 443 g/mol. The van der Waals surface area contributed by atoms with Gasteiger partial charge in [0, 0.05) is 19.0 Å². The standard InChI is InChI=1S/C24H20F3NO4/c1-15-12-21(10-11-22(15)31-16(2)29)32-20-5-3-4-18(13-20)23(30)28-14-17-6-8-19(9-7-17)24(25,26)27/h3-13H,14H2,1-2H3,(H,28,30).